The van der Waals surface area contributed by atoms with Gasteiger partial charge in [-0.05, 0) is 38.0 Å². The second-order valence-corrected chi connectivity index (χ2v) is 5.23. The number of hydrogen-bond acceptors (Lipinski definition) is 4. The number of anilines is 2. The van der Waals surface area contributed by atoms with Crippen molar-refractivity contribution in [2.75, 3.05) is 23.8 Å². The summed E-state index contributed by atoms with van der Waals surface area (Å²) in [6.07, 6.45) is 3.32. The van der Waals surface area contributed by atoms with E-state index in [1.807, 2.05) is 20.8 Å². The Hall–Kier alpha value is -2.43. The molecule has 1 amide bonds. The van der Waals surface area contributed by atoms with Crippen molar-refractivity contribution in [3.63, 3.8) is 0 Å². The molecule has 1 heterocycles. The lowest BCUT2D eigenvalue weighted by Crippen LogP contribution is -2.31. The molecule has 0 aliphatic heterocycles. The number of rotatable bonds is 4. The van der Waals surface area contributed by atoms with Gasteiger partial charge in [-0.3, -0.25) is 4.79 Å². The normalized spacial score (nSPS) is 10.3. The quantitative estimate of drug-likeness (QED) is 0.937. The highest BCUT2D eigenvalue weighted by Crippen LogP contribution is 2.21. The first kappa shape index (κ1) is 15.0. The molecule has 1 aromatic carbocycles. The average Bonchev–Trinajstić information content (AvgIpc) is 2.43. The first-order valence-electron chi connectivity index (χ1n) is 6.83. The second-order valence-electron chi connectivity index (χ2n) is 5.23. The minimum atomic E-state index is -0.0833. The van der Waals surface area contributed by atoms with Gasteiger partial charge in [0.05, 0.1) is 6.54 Å². The summed E-state index contributed by atoms with van der Waals surface area (Å²) in [6.45, 7) is 6.25. The van der Waals surface area contributed by atoms with Crippen LogP contribution in [0.2, 0.25) is 0 Å². The standard InChI is InChI=1S/C16H20N4O/c1-11-8-12(2)15(13(3)9-11)19-14(21)10-20(4)16-17-6-5-7-18-16/h5-9H,10H2,1-4H3,(H,19,21). The predicted octanol–water partition coefficient (Wildman–Crippen LogP) is 2.48. The zero-order chi connectivity index (χ0) is 15.4. The van der Waals surface area contributed by atoms with Crippen LogP contribution in [-0.4, -0.2) is 29.5 Å². The third kappa shape index (κ3) is 3.78. The molecule has 21 heavy (non-hydrogen) atoms. The molecule has 2 aromatic rings. The van der Waals surface area contributed by atoms with Gasteiger partial charge in [0, 0.05) is 25.1 Å². The monoisotopic (exact) mass is 284 g/mol. The first-order chi connectivity index (χ1) is 9.97. The van der Waals surface area contributed by atoms with Gasteiger partial charge in [0.25, 0.3) is 0 Å². The van der Waals surface area contributed by atoms with Crippen LogP contribution in [0.1, 0.15) is 16.7 Å². The number of aryl methyl sites for hydroxylation is 3. The smallest absolute Gasteiger partial charge is 0.244 e. The second kappa shape index (κ2) is 6.35. The van der Waals surface area contributed by atoms with Crippen LogP contribution < -0.4 is 10.2 Å². The summed E-state index contributed by atoms with van der Waals surface area (Å²) in [5, 5.41) is 2.97. The molecule has 0 atom stereocenters. The van der Waals surface area contributed by atoms with E-state index in [1.165, 1.54) is 5.56 Å². The van der Waals surface area contributed by atoms with E-state index < -0.39 is 0 Å². The molecule has 0 saturated carbocycles. The van der Waals surface area contributed by atoms with Crippen LogP contribution in [0.4, 0.5) is 11.6 Å². The topological polar surface area (TPSA) is 58.1 Å². The zero-order valence-corrected chi connectivity index (χ0v) is 12.8. The molecular weight excluding hydrogens is 264 g/mol. The number of amides is 1. The van der Waals surface area contributed by atoms with Crippen molar-refractivity contribution in [1.29, 1.82) is 0 Å². The molecule has 0 radical (unpaired) electrons. The van der Waals surface area contributed by atoms with E-state index in [0.717, 1.165) is 16.8 Å². The number of aromatic nitrogens is 2. The SMILES string of the molecule is Cc1cc(C)c(NC(=O)CN(C)c2ncccn2)c(C)c1. The summed E-state index contributed by atoms with van der Waals surface area (Å²) in [7, 11) is 1.80. The molecule has 0 bridgehead atoms. The van der Waals surface area contributed by atoms with Crippen molar-refractivity contribution < 1.29 is 4.79 Å². The molecule has 2 rings (SSSR count). The van der Waals surface area contributed by atoms with Crippen molar-refractivity contribution in [1.82, 2.24) is 9.97 Å². The lowest BCUT2D eigenvalue weighted by atomic mass is 10.1. The molecule has 1 N–H and O–H groups in total. The molecule has 110 valence electrons. The fourth-order valence-electron chi connectivity index (χ4n) is 2.33. The van der Waals surface area contributed by atoms with E-state index in [2.05, 4.69) is 27.4 Å². The Kier molecular flexibility index (Phi) is 4.52. The zero-order valence-electron chi connectivity index (χ0n) is 12.8. The molecule has 0 spiro atoms. The molecule has 0 fully saturated rings. The Morgan fingerprint density at radius 1 is 1.14 bits per heavy atom. The van der Waals surface area contributed by atoms with Crippen LogP contribution in [0, 0.1) is 20.8 Å². The van der Waals surface area contributed by atoms with Crippen LogP contribution >= 0.6 is 0 Å². The number of nitrogens with one attached hydrogen (secondary N) is 1. The third-order valence-corrected chi connectivity index (χ3v) is 3.22. The number of carbonyl (C=O) groups is 1. The lowest BCUT2D eigenvalue weighted by Gasteiger charge is -2.18. The maximum absolute atomic E-state index is 12.2. The van der Waals surface area contributed by atoms with Gasteiger partial charge >= 0.3 is 0 Å². The fourth-order valence-corrected chi connectivity index (χ4v) is 2.33. The highest BCUT2D eigenvalue weighted by Gasteiger charge is 2.12. The lowest BCUT2D eigenvalue weighted by molar-refractivity contribution is -0.114. The van der Waals surface area contributed by atoms with Crippen molar-refractivity contribution in [2.45, 2.75) is 20.8 Å². The number of likely N-dealkylation sites (N-methyl/N-ethyl adjacent to an activating group) is 1. The van der Waals surface area contributed by atoms with Gasteiger partial charge in [-0.1, -0.05) is 17.7 Å². The van der Waals surface area contributed by atoms with Gasteiger partial charge < -0.3 is 10.2 Å². The van der Waals surface area contributed by atoms with Crippen LogP contribution in [0.15, 0.2) is 30.6 Å². The largest absolute Gasteiger partial charge is 0.335 e. The van der Waals surface area contributed by atoms with E-state index in [9.17, 15) is 4.79 Å². The fraction of sp³-hybridized carbons (Fsp3) is 0.312. The molecule has 0 aliphatic rings. The van der Waals surface area contributed by atoms with Gasteiger partial charge in [0.15, 0.2) is 0 Å². The minimum Gasteiger partial charge on any atom is -0.335 e. The first-order valence-corrected chi connectivity index (χ1v) is 6.83. The molecule has 0 saturated heterocycles. The van der Waals surface area contributed by atoms with Gasteiger partial charge in [-0.2, -0.15) is 0 Å². The maximum atomic E-state index is 12.2. The van der Waals surface area contributed by atoms with Gasteiger partial charge in [-0.15, -0.1) is 0 Å². The van der Waals surface area contributed by atoms with E-state index in [1.54, 1.807) is 30.4 Å². The van der Waals surface area contributed by atoms with Crippen molar-refractivity contribution in [3.05, 3.63) is 47.3 Å². The van der Waals surface area contributed by atoms with Crippen molar-refractivity contribution in [3.8, 4) is 0 Å². The summed E-state index contributed by atoms with van der Waals surface area (Å²) in [6, 6.07) is 5.87. The maximum Gasteiger partial charge on any atom is 0.244 e. The summed E-state index contributed by atoms with van der Waals surface area (Å²) in [4.78, 5) is 22.1. The van der Waals surface area contributed by atoms with Gasteiger partial charge in [0.1, 0.15) is 0 Å². The van der Waals surface area contributed by atoms with Crippen molar-refractivity contribution >= 4 is 17.5 Å². The molecule has 0 unspecified atom stereocenters. The Morgan fingerprint density at radius 2 is 1.71 bits per heavy atom. The number of nitrogens with zero attached hydrogens (tertiary/aromatic N) is 3. The Bertz CT molecular complexity index is 617. The molecule has 0 aliphatic carbocycles. The highest BCUT2D eigenvalue weighted by molar-refractivity contribution is 5.95. The summed E-state index contributed by atoms with van der Waals surface area (Å²) >= 11 is 0. The Labute approximate surface area is 125 Å². The highest BCUT2D eigenvalue weighted by atomic mass is 16.2. The van der Waals surface area contributed by atoms with E-state index >= 15 is 0 Å². The van der Waals surface area contributed by atoms with Crippen LogP contribution in [0.3, 0.4) is 0 Å². The van der Waals surface area contributed by atoms with E-state index in [-0.39, 0.29) is 12.5 Å². The molecule has 5 nitrogen and oxygen atoms in total. The number of hydrogen-bond donors (Lipinski definition) is 1. The van der Waals surface area contributed by atoms with Crippen LogP contribution in [-0.2, 0) is 4.79 Å². The van der Waals surface area contributed by atoms with Gasteiger partial charge in [-0.25, -0.2) is 9.97 Å². The number of carbonyl (C=O) groups excluding carboxylic acids is 1. The van der Waals surface area contributed by atoms with E-state index in [4.69, 9.17) is 0 Å². The average molecular weight is 284 g/mol. The minimum absolute atomic E-state index is 0.0833. The molecule has 1 aromatic heterocycles. The Balaban J connectivity index is 2.06. The van der Waals surface area contributed by atoms with Crippen molar-refractivity contribution in [2.24, 2.45) is 0 Å². The molecular formula is C16H20N4O. The molecule has 5 heteroatoms. The predicted molar refractivity (Wildman–Crippen MR) is 84.6 cm³/mol. The van der Waals surface area contributed by atoms with Gasteiger partial charge in [0.2, 0.25) is 11.9 Å². The summed E-state index contributed by atoms with van der Waals surface area (Å²) < 4.78 is 0. The number of benzene rings is 1. The summed E-state index contributed by atoms with van der Waals surface area (Å²) in [5.74, 6) is 0.449. The van der Waals surface area contributed by atoms with E-state index in [0.29, 0.717) is 5.95 Å². The Morgan fingerprint density at radius 3 is 2.29 bits per heavy atom. The summed E-state index contributed by atoms with van der Waals surface area (Å²) in [5.41, 5.74) is 4.21. The third-order valence-electron chi connectivity index (χ3n) is 3.22. The van der Waals surface area contributed by atoms with Crippen LogP contribution in [0.25, 0.3) is 0 Å². The van der Waals surface area contributed by atoms with Crippen LogP contribution in [0.5, 0.6) is 0 Å².